The van der Waals surface area contributed by atoms with Crippen molar-refractivity contribution < 1.29 is 9.53 Å². The Labute approximate surface area is 213 Å². The number of hydrogen-bond acceptors (Lipinski definition) is 3. The zero-order valence-corrected chi connectivity index (χ0v) is 20.7. The fourth-order valence-corrected chi connectivity index (χ4v) is 3.49. The molecule has 0 radical (unpaired) electrons. The number of hydrogen-bond donors (Lipinski definition) is 3. The molecule has 0 unspecified atom stereocenters. The SMILES string of the molecule is O=C(COc1ccc(Cl)cc1Cl)N[C@H](NC(=S)Nc1ccc(Cl)cc1Cl)C(Cl)(Cl)Cl. The Morgan fingerprint density at radius 1 is 0.967 bits per heavy atom. The van der Waals surface area contributed by atoms with E-state index < -0.39 is 22.5 Å². The molecular formula is C17H12Cl7N3O2S. The first-order valence-corrected chi connectivity index (χ1v) is 11.0. The highest BCUT2D eigenvalue weighted by atomic mass is 35.6. The van der Waals surface area contributed by atoms with Crippen LogP contribution < -0.4 is 20.7 Å². The van der Waals surface area contributed by atoms with Gasteiger partial charge in [-0.3, -0.25) is 4.79 Å². The normalized spacial score (nSPS) is 12.1. The summed E-state index contributed by atoms with van der Waals surface area (Å²) in [5.74, 6) is -0.332. The van der Waals surface area contributed by atoms with Crippen LogP contribution in [0.1, 0.15) is 0 Å². The Morgan fingerprint density at radius 2 is 1.57 bits per heavy atom. The molecule has 1 amide bonds. The summed E-state index contributed by atoms with van der Waals surface area (Å²) >= 11 is 46.8. The van der Waals surface area contributed by atoms with E-state index in [2.05, 4.69) is 16.0 Å². The number of halogens is 7. The van der Waals surface area contributed by atoms with Crippen molar-refractivity contribution in [2.75, 3.05) is 11.9 Å². The van der Waals surface area contributed by atoms with Gasteiger partial charge in [0.1, 0.15) is 11.9 Å². The second kappa shape index (κ2) is 11.3. The number of alkyl halides is 3. The molecule has 162 valence electrons. The molecule has 0 saturated carbocycles. The maximum absolute atomic E-state index is 12.3. The summed E-state index contributed by atoms with van der Waals surface area (Å²) in [6, 6.07) is 9.34. The van der Waals surface area contributed by atoms with Gasteiger partial charge in [0, 0.05) is 10.0 Å². The summed E-state index contributed by atoms with van der Waals surface area (Å²) in [6.45, 7) is -0.399. The average Bonchev–Trinajstić information content (AvgIpc) is 2.62. The molecule has 0 heterocycles. The molecule has 0 bridgehead atoms. The first-order valence-electron chi connectivity index (χ1n) is 7.92. The van der Waals surface area contributed by atoms with Gasteiger partial charge in [0.2, 0.25) is 3.79 Å². The van der Waals surface area contributed by atoms with Crippen molar-refractivity contribution in [1.29, 1.82) is 0 Å². The predicted molar refractivity (Wildman–Crippen MR) is 130 cm³/mol. The minimum atomic E-state index is -1.94. The molecule has 2 aromatic rings. The number of thiocarbonyl (C=S) groups is 1. The minimum Gasteiger partial charge on any atom is -0.482 e. The van der Waals surface area contributed by atoms with Gasteiger partial charge in [-0.25, -0.2) is 0 Å². The van der Waals surface area contributed by atoms with E-state index in [1.54, 1.807) is 18.2 Å². The number of amides is 1. The summed E-state index contributed by atoms with van der Waals surface area (Å²) in [6.07, 6.45) is -1.19. The van der Waals surface area contributed by atoms with Crippen LogP contribution in [0.3, 0.4) is 0 Å². The van der Waals surface area contributed by atoms with Crippen molar-refractivity contribution in [3.8, 4) is 5.75 Å². The summed E-state index contributed by atoms with van der Waals surface area (Å²) in [5.41, 5.74) is 0.466. The molecule has 0 saturated heterocycles. The molecule has 0 spiro atoms. The Bertz CT molecular complexity index is 940. The number of ether oxygens (including phenoxy) is 1. The van der Waals surface area contributed by atoms with Crippen molar-refractivity contribution >= 4 is 110 Å². The van der Waals surface area contributed by atoms with Crippen LogP contribution in [0.25, 0.3) is 0 Å². The lowest BCUT2D eigenvalue weighted by Gasteiger charge is -2.28. The maximum atomic E-state index is 12.3. The van der Waals surface area contributed by atoms with Crippen molar-refractivity contribution in [3.63, 3.8) is 0 Å². The molecule has 1 atom stereocenters. The maximum Gasteiger partial charge on any atom is 0.259 e. The second-order valence-corrected chi connectivity index (χ2v) is 10.1. The third kappa shape index (κ3) is 8.17. The zero-order valence-electron chi connectivity index (χ0n) is 14.6. The molecule has 13 heteroatoms. The minimum absolute atomic E-state index is 0.0394. The Balaban J connectivity index is 1.97. The van der Waals surface area contributed by atoms with E-state index in [9.17, 15) is 4.79 Å². The van der Waals surface area contributed by atoms with Crippen LogP contribution in [0, 0.1) is 0 Å². The molecule has 0 aliphatic heterocycles. The molecule has 0 fully saturated rings. The largest absolute Gasteiger partial charge is 0.482 e. The molecule has 3 N–H and O–H groups in total. The molecule has 2 rings (SSSR count). The number of carbonyl (C=O) groups excluding carboxylic acids is 1. The molecule has 0 aliphatic rings. The number of carbonyl (C=O) groups is 1. The highest BCUT2D eigenvalue weighted by Gasteiger charge is 2.34. The standard InChI is InChI=1S/C17H12Cl7N3O2S/c18-8-1-3-12(10(20)5-8)25-16(30)27-15(17(22,23)24)26-14(28)7-29-13-4-2-9(19)6-11(13)21/h1-6,15H,7H2,(H,26,28)(H2,25,27,30)/t15-/m1/s1. The van der Waals surface area contributed by atoms with E-state index in [0.29, 0.717) is 20.8 Å². The first-order chi connectivity index (χ1) is 14.0. The van der Waals surface area contributed by atoms with Gasteiger partial charge in [-0.2, -0.15) is 0 Å². The number of rotatable bonds is 6. The van der Waals surface area contributed by atoms with E-state index in [-0.39, 0.29) is 15.9 Å². The smallest absolute Gasteiger partial charge is 0.259 e. The van der Waals surface area contributed by atoms with Gasteiger partial charge < -0.3 is 20.7 Å². The van der Waals surface area contributed by atoms with E-state index in [1.807, 2.05) is 0 Å². The van der Waals surface area contributed by atoms with Crippen LogP contribution in [0.2, 0.25) is 20.1 Å². The van der Waals surface area contributed by atoms with E-state index in [1.165, 1.54) is 18.2 Å². The van der Waals surface area contributed by atoms with Crippen LogP contribution in [0.15, 0.2) is 36.4 Å². The van der Waals surface area contributed by atoms with E-state index >= 15 is 0 Å². The van der Waals surface area contributed by atoms with Gasteiger partial charge >= 0.3 is 0 Å². The molecular weight excluding hydrogens is 558 g/mol. The summed E-state index contributed by atoms with van der Waals surface area (Å²) in [4.78, 5) is 12.3. The Morgan fingerprint density at radius 3 is 2.13 bits per heavy atom. The van der Waals surface area contributed by atoms with E-state index in [4.69, 9.17) is 98.2 Å². The molecule has 30 heavy (non-hydrogen) atoms. The highest BCUT2D eigenvalue weighted by Crippen LogP contribution is 2.30. The second-order valence-electron chi connectivity index (χ2n) is 5.63. The van der Waals surface area contributed by atoms with Crippen LogP contribution >= 0.6 is 93.4 Å². The quantitative estimate of drug-likeness (QED) is 0.211. The van der Waals surface area contributed by atoms with Crippen molar-refractivity contribution in [2.24, 2.45) is 0 Å². The van der Waals surface area contributed by atoms with Crippen LogP contribution in [0.4, 0.5) is 5.69 Å². The third-order valence-corrected chi connectivity index (χ3v) is 5.29. The average molecular weight is 571 g/mol. The summed E-state index contributed by atoms with van der Waals surface area (Å²) in [7, 11) is 0. The Hall–Kier alpha value is -0.570. The van der Waals surface area contributed by atoms with E-state index in [0.717, 1.165) is 0 Å². The Kier molecular flexibility index (Phi) is 9.71. The third-order valence-electron chi connectivity index (χ3n) is 3.34. The predicted octanol–water partition coefficient (Wildman–Crippen LogP) is 6.48. The highest BCUT2D eigenvalue weighted by molar-refractivity contribution is 7.80. The monoisotopic (exact) mass is 567 g/mol. The van der Waals surface area contributed by atoms with Gasteiger partial charge in [-0.15, -0.1) is 0 Å². The lowest BCUT2D eigenvalue weighted by Crippen LogP contribution is -2.57. The molecule has 5 nitrogen and oxygen atoms in total. The van der Waals surface area contributed by atoms with Gasteiger partial charge in [-0.1, -0.05) is 81.2 Å². The van der Waals surface area contributed by atoms with Crippen LogP contribution in [0.5, 0.6) is 5.75 Å². The van der Waals surface area contributed by atoms with Gasteiger partial charge in [0.15, 0.2) is 11.7 Å². The molecule has 0 aromatic heterocycles. The molecule has 2 aromatic carbocycles. The lowest BCUT2D eigenvalue weighted by atomic mass is 10.3. The van der Waals surface area contributed by atoms with Gasteiger partial charge in [0.25, 0.3) is 5.91 Å². The number of anilines is 1. The van der Waals surface area contributed by atoms with Gasteiger partial charge in [-0.05, 0) is 48.6 Å². The lowest BCUT2D eigenvalue weighted by molar-refractivity contribution is -0.123. The first kappa shape index (κ1) is 25.7. The topological polar surface area (TPSA) is 62.4 Å². The number of nitrogens with one attached hydrogen (secondary N) is 3. The summed E-state index contributed by atoms with van der Waals surface area (Å²) < 4.78 is 3.42. The molecule has 0 aliphatic carbocycles. The fraction of sp³-hybridized carbons (Fsp3) is 0.176. The van der Waals surface area contributed by atoms with Gasteiger partial charge in [0.05, 0.1) is 15.7 Å². The van der Waals surface area contributed by atoms with Crippen molar-refractivity contribution in [3.05, 3.63) is 56.5 Å². The number of benzene rings is 2. The fourth-order valence-electron chi connectivity index (χ4n) is 2.02. The zero-order chi connectivity index (χ0) is 22.5. The van der Waals surface area contributed by atoms with Crippen LogP contribution in [-0.4, -0.2) is 27.6 Å². The van der Waals surface area contributed by atoms with Crippen LogP contribution in [-0.2, 0) is 4.79 Å². The van der Waals surface area contributed by atoms with Crippen molar-refractivity contribution in [2.45, 2.75) is 9.96 Å². The summed E-state index contributed by atoms with van der Waals surface area (Å²) in [5, 5.41) is 9.50. The van der Waals surface area contributed by atoms with Crippen molar-refractivity contribution in [1.82, 2.24) is 10.6 Å².